The van der Waals surface area contributed by atoms with Gasteiger partial charge < -0.3 is 13.6 Å². The first-order chi connectivity index (χ1) is 17.7. The van der Waals surface area contributed by atoms with Gasteiger partial charge in [-0.25, -0.2) is 4.79 Å². The van der Waals surface area contributed by atoms with E-state index in [9.17, 15) is 13.6 Å². The zero-order valence-corrected chi connectivity index (χ0v) is 22.1. The van der Waals surface area contributed by atoms with Crippen LogP contribution in [0.3, 0.4) is 0 Å². The third-order valence-corrected chi connectivity index (χ3v) is 11.2. The first-order valence-electron chi connectivity index (χ1n) is 12.0. The number of hydrogen-bond acceptors (Lipinski definition) is 5. The molecule has 4 rings (SSSR count). The summed E-state index contributed by atoms with van der Waals surface area (Å²) in [6, 6.07) is 26.7. The zero-order valence-electron chi connectivity index (χ0n) is 21.1. The van der Waals surface area contributed by atoms with E-state index in [1.54, 1.807) is 12.1 Å². The molecule has 0 amide bonds. The number of ether oxygens (including phenoxy) is 1. The SMILES string of the molecule is CC(C)(C)[Si](OCc1nn(CCc2ccc(OC(F)F)cc2)c(=O)o1)(c1ccccc1)c1ccccc1. The van der Waals surface area contributed by atoms with Crippen molar-refractivity contribution in [2.24, 2.45) is 0 Å². The van der Waals surface area contributed by atoms with Crippen molar-refractivity contribution < 1.29 is 22.4 Å². The van der Waals surface area contributed by atoms with Gasteiger partial charge in [0.2, 0.25) is 5.89 Å². The molecule has 6 nitrogen and oxygen atoms in total. The van der Waals surface area contributed by atoms with Gasteiger partial charge in [-0.3, -0.25) is 0 Å². The van der Waals surface area contributed by atoms with Crippen LogP contribution in [0.4, 0.5) is 8.78 Å². The highest BCUT2D eigenvalue weighted by Crippen LogP contribution is 2.37. The summed E-state index contributed by atoms with van der Waals surface area (Å²) in [6.45, 7) is 3.97. The molecule has 4 aromatic rings. The summed E-state index contributed by atoms with van der Waals surface area (Å²) in [4.78, 5) is 12.5. The minimum Gasteiger partial charge on any atom is -0.435 e. The molecule has 0 aliphatic heterocycles. The van der Waals surface area contributed by atoms with Crippen molar-refractivity contribution in [1.82, 2.24) is 9.78 Å². The highest BCUT2D eigenvalue weighted by Gasteiger charge is 2.50. The Balaban J connectivity index is 1.54. The molecular formula is C28H30F2N2O4Si. The van der Waals surface area contributed by atoms with Crippen molar-refractivity contribution in [3.05, 3.63) is 107 Å². The van der Waals surface area contributed by atoms with E-state index in [1.165, 1.54) is 16.8 Å². The Morgan fingerprint density at radius 3 is 2.00 bits per heavy atom. The second-order valence-electron chi connectivity index (χ2n) is 9.71. The predicted octanol–water partition coefficient (Wildman–Crippen LogP) is 4.76. The largest absolute Gasteiger partial charge is 0.437 e. The number of rotatable bonds is 10. The van der Waals surface area contributed by atoms with E-state index < -0.39 is 20.7 Å². The number of nitrogens with zero attached hydrogens (tertiary/aromatic N) is 2. The van der Waals surface area contributed by atoms with Crippen LogP contribution in [0, 0.1) is 0 Å². The van der Waals surface area contributed by atoms with Crippen molar-refractivity contribution >= 4 is 18.7 Å². The molecule has 0 aliphatic rings. The van der Waals surface area contributed by atoms with Crippen molar-refractivity contribution in [1.29, 1.82) is 0 Å². The van der Waals surface area contributed by atoms with Crippen LogP contribution in [0.2, 0.25) is 5.04 Å². The zero-order chi connectivity index (χ0) is 26.5. The van der Waals surface area contributed by atoms with Crippen LogP contribution in [0.5, 0.6) is 5.75 Å². The third-order valence-electron chi connectivity index (χ3n) is 6.24. The summed E-state index contributed by atoms with van der Waals surface area (Å²) in [5, 5.41) is 6.38. The van der Waals surface area contributed by atoms with E-state index in [2.05, 4.69) is 54.9 Å². The molecule has 0 saturated heterocycles. The normalized spacial score (nSPS) is 12.2. The molecule has 0 saturated carbocycles. The third kappa shape index (κ3) is 6.06. The second-order valence-corrected chi connectivity index (χ2v) is 14.0. The first kappa shape index (κ1) is 26.5. The topological polar surface area (TPSA) is 66.5 Å². The van der Waals surface area contributed by atoms with Gasteiger partial charge in [0.15, 0.2) is 0 Å². The second kappa shape index (κ2) is 11.2. The van der Waals surface area contributed by atoms with Gasteiger partial charge in [-0.1, -0.05) is 93.6 Å². The number of alkyl halides is 2. The predicted molar refractivity (Wildman–Crippen MR) is 140 cm³/mol. The lowest BCUT2D eigenvalue weighted by molar-refractivity contribution is -0.0498. The van der Waals surface area contributed by atoms with E-state index in [1.807, 2.05) is 36.4 Å². The maximum absolute atomic E-state index is 12.5. The fourth-order valence-corrected chi connectivity index (χ4v) is 9.05. The Morgan fingerprint density at radius 1 is 0.919 bits per heavy atom. The summed E-state index contributed by atoms with van der Waals surface area (Å²) in [5.41, 5.74) is 0.849. The summed E-state index contributed by atoms with van der Waals surface area (Å²) in [5.74, 6) is -0.280. The van der Waals surface area contributed by atoms with Gasteiger partial charge in [0.05, 0.1) is 6.54 Å². The molecule has 0 aliphatic carbocycles. The smallest absolute Gasteiger partial charge is 0.435 e. The molecule has 1 heterocycles. The molecule has 3 aromatic carbocycles. The molecule has 0 radical (unpaired) electrons. The summed E-state index contributed by atoms with van der Waals surface area (Å²) >= 11 is 0. The number of benzene rings is 3. The van der Waals surface area contributed by atoms with Gasteiger partial charge in [-0.15, -0.1) is 5.10 Å². The average molecular weight is 525 g/mol. The molecule has 37 heavy (non-hydrogen) atoms. The van der Waals surface area contributed by atoms with Crippen LogP contribution in [0.1, 0.15) is 32.2 Å². The van der Waals surface area contributed by atoms with Crippen LogP contribution in [-0.4, -0.2) is 24.7 Å². The fraction of sp³-hybridized carbons (Fsp3) is 0.286. The molecule has 1 aromatic heterocycles. The van der Waals surface area contributed by atoms with Gasteiger partial charge in [0.1, 0.15) is 12.4 Å². The molecule has 0 atom stereocenters. The van der Waals surface area contributed by atoms with E-state index in [0.29, 0.717) is 6.42 Å². The van der Waals surface area contributed by atoms with Crippen LogP contribution in [0.15, 0.2) is 94.1 Å². The maximum atomic E-state index is 12.5. The van der Waals surface area contributed by atoms with Crippen molar-refractivity contribution in [3.8, 4) is 5.75 Å². The monoisotopic (exact) mass is 524 g/mol. The van der Waals surface area contributed by atoms with Gasteiger partial charge >= 0.3 is 12.4 Å². The number of aromatic nitrogens is 2. The maximum Gasteiger partial charge on any atom is 0.437 e. The molecule has 0 N–H and O–H groups in total. The van der Waals surface area contributed by atoms with Gasteiger partial charge in [0.25, 0.3) is 8.32 Å². The standard InChI is InChI=1S/C28H30F2N2O4Si/c1-28(2,3)37(23-10-6-4-7-11-23,24-12-8-5-9-13-24)34-20-25-31-32(27(33)36-25)19-18-21-14-16-22(17-15-21)35-26(29)30/h4-17,26H,18-20H2,1-3H3. The fourth-order valence-electron chi connectivity index (χ4n) is 4.55. The number of aryl methyl sites for hydroxylation is 2. The van der Waals surface area contributed by atoms with Crippen LogP contribution >= 0.6 is 0 Å². The van der Waals surface area contributed by atoms with E-state index in [-0.39, 0.29) is 29.8 Å². The first-order valence-corrected chi connectivity index (χ1v) is 14.0. The quantitative estimate of drug-likeness (QED) is 0.280. The van der Waals surface area contributed by atoms with Crippen LogP contribution in [-0.2, 0) is 24.0 Å². The molecule has 0 fully saturated rings. The van der Waals surface area contributed by atoms with E-state index in [0.717, 1.165) is 15.9 Å². The lowest BCUT2D eigenvalue weighted by Gasteiger charge is -2.42. The number of hydrogen-bond donors (Lipinski definition) is 0. The van der Waals surface area contributed by atoms with Crippen molar-refractivity contribution in [2.45, 2.75) is 52.0 Å². The Kier molecular flexibility index (Phi) is 8.04. The van der Waals surface area contributed by atoms with Crippen LogP contribution in [0.25, 0.3) is 0 Å². The molecule has 0 bridgehead atoms. The van der Waals surface area contributed by atoms with Crippen LogP contribution < -0.4 is 20.9 Å². The van der Waals surface area contributed by atoms with Gasteiger partial charge in [-0.05, 0) is 39.5 Å². The minimum absolute atomic E-state index is 0.0508. The van der Waals surface area contributed by atoms with E-state index in [4.69, 9.17) is 8.84 Å². The Labute approximate surface area is 215 Å². The molecule has 0 unspecified atom stereocenters. The number of halogens is 2. The highest BCUT2D eigenvalue weighted by atomic mass is 28.4. The molecular weight excluding hydrogens is 494 g/mol. The minimum atomic E-state index is -2.87. The molecule has 9 heteroatoms. The summed E-state index contributed by atoms with van der Waals surface area (Å²) in [6.07, 6.45) is 0.469. The Bertz CT molecular complexity index is 1300. The van der Waals surface area contributed by atoms with E-state index >= 15 is 0 Å². The summed E-state index contributed by atoms with van der Waals surface area (Å²) in [7, 11) is -2.81. The lowest BCUT2D eigenvalue weighted by atomic mass is 10.1. The lowest BCUT2D eigenvalue weighted by Crippen LogP contribution is -2.66. The average Bonchev–Trinajstić information content (AvgIpc) is 3.23. The summed E-state index contributed by atoms with van der Waals surface area (Å²) < 4.78 is 42.5. The van der Waals surface area contributed by atoms with Gasteiger partial charge in [-0.2, -0.15) is 13.5 Å². The van der Waals surface area contributed by atoms with Crippen molar-refractivity contribution in [2.75, 3.05) is 0 Å². The Hall–Kier alpha value is -3.56. The van der Waals surface area contributed by atoms with Gasteiger partial charge in [0, 0.05) is 0 Å². The highest BCUT2D eigenvalue weighted by molar-refractivity contribution is 6.99. The Morgan fingerprint density at radius 2 is 1.49 bits per heavy atom. The van der Waals surface area contributed by atoms with Crippen molar-refractivity contribution in [3.63, 3.8) is 0 Å². The molecule has 0 spiro atoms. The molecule has 194 valence electrons.